The highest BCUT2D eigenvalue weighted by Crippen LogP contribution is 2.21. The van der Waals surface area contributed by atoms with Crippen molar-refractivity contribution in [2.24, 2.45) is 5.14 Å². The Morgan fingerprint density at radius 1 is 1.33 bits per heavy atom. The summed E-state index contributed by atoms with van der Waals surface area (Å²) in [6.45, 7) is 0. The van der Waals surface area contributed by atoms with Crippen LogP contribution in [0.25, 0.3) is 0 Å². The van der Waals surface area contributed by atoms with Gasteiger partial charge in [0.15, 0.2) is 0 Å². The van der Waals surface area contributed by atoms with Crippen LogP contribution >= 0.6 is 0 Å². The van der Waals surface area contributed by atoms with E-state index in [1.807, 2.05) is 0 Å². The fourth-order valence-corrected chi connectivity index (χ4v) is 1.44. The maximum atomic E-state index is 10.8. The second kappa shape index (κ2) is 2.65. The summed E-state index contributed by atoms with van der Waals surface area (Å²) >= 11 is 0. The fraction of sp³-hybridized carbons (Fsp3) is 0. The Morgan fingerprint density at radius 2 is 1.92 bits per heavy atom. The molecule has 12 heavy (non-hydrogen) atoms. The number of sulfonamides is 1. The third-order valence-corrected chi connectivity index (χ3v) is 2.28. The number of nitrogen functional groups attached to an aromatic ring is 1. The van der Waals surface area contributed by atoms with Gasteiger partial charge in [0.05, 0.1) is 5.69 Å². The molecule has 0 radical (unpaired) electrons. The molecule has 0 fully saturated rings. The van der Waals surface area contributed by atoms with E-state index in [4.69, 9.17) is 16.0 Å². The zero-order chi connectivity index (χ0) is 9.35. The number of hydrogen-bond acceptors (Lipinski definition) is 4. The van der Waals surface area contributed by atoms with Gasteiger partial charge >= 0.3 is 0 Å². The molecular weight excluding hydrogens is 180 g/mol. The van der Waals surface area contributed by atoms with Gasteiger partial charge < -0.3 is 10.8 Å². The number of benzene rings is 1. The quantitative estimate of drug-likeness (QED) is 0.522. The van der Waals surface area contributed by atoms with Gasteiger partial charge in [0.1, 0.15) is 10.6 Å². The van der Waals surface area contributed by atoms with Gasteiger partial charge in [-0.15, -0.1) is 0 Å². The van der Waals surface area contributed by atoms with Crippen molar-refractivity contribution in [1.82, 2.24) is 0 Å². The number of anilines is 1. The third-order valence-electron chi connectivity index (χ3n) is 1.30. The van der Waals surface area contributed by atoms with Gasteiger partial charge in [0, 0.05) is 6.07 Å². The molecule has 0 bridgehead atoms. The lowest BCUT2D eigenvalue weighted by molar-refractivity contribution is 0.475. The van der Waals surface area contributed by atoms with Crippen LogP contribution < -0.4 is 10.9 Å². The van der Waals surface area contributed by atoms with Gasteiger partial charge in [-0.3, -0.25) is 0 Å². The summed E-state index contributed by atoms with van der Waals surface area (Å²) in [5.74, 6) is -0.0973. The number of phenols is 1. The lowest BCUT2D eigenvalue weighted by atomic mass is 10.3. The molecule has 0 aliphatic rings. The number of rotatable bonds is 1. The van der Waals surface area contributed by atoms with Crippen molar-refractivity contribution < 1.29 is 13.5 Å². The molecule has 0 saturated carbocycles. The highest BCUT2D eigenvalue weighted by Gasteiger charge is 2.11. The normalized spacial score (nSPS) is 11.4. The van der Waals surface area contributed by atoms with Crippen LogP contribution in [0.4, 0.5) is 5.69 Å². The van der Waals surface area contributed by atoms with Crippen LogP contribution in [0.3, 0.4) is 0 Å². The summed E-state index contributed by atoms with van der Waals surface area (Å²) in [5.41, 5.74) is 5.23. The highest BCUT2D eigenvalue weighted by molar-refractivity contribution is 7.89. The molecule has 1 rings (SSSR count). The van der Waals surface area contributed by atoms with Gasteiger partial charge in [0.25, 0.3) is 0 Å². The second-order valence-electron chi connectivity index (χ2n) is 2.27. The third kappa shape index (κ3) is 1.66. The lowest BCUT2D eigenvalue weighted by Crippen LogP contribution is -2.13. The molecule has 0 amide bonds. The number of primary sulfonamides is 1. The van der Waals surface area contributed by atoms with Gasteiger partial charge in [-0.2, -0.15) is 0 Å². The molecule has 1 aromatic carbocycles. The first-order valence-corrected chi connectivity index (χ1v) is 4.57. The van der Waals surface area contributed by atoms with Crippen molar-refractivity contribution in [3.05, 3.63) is 18.2 Å². The van der Waals surface area contributed by atoms with Crippen LogP contribution in [-0.4, -0.2) is 13.5 Å². The van der Waals surface area contributed by atoms with Crippen molar-refractivity contribution >= 4 is 15.7 Å². The van der Waals surface area contributed by atoms with Crippen molar-refractivity contribution in [2.75, 3.05) is 5.73 Å². The van der Waals surface area contributed by atoms with E-state index < -0.39 is 10.0 Å². The molecule has 66 valence electrons. The SMILES string of the molecule is Nc1cc(O)ccc1S(N)(=O)=O. The van der Waals surface area contributed by atoms with E-state index in [1.165, 1.54) is 6.07 Å². The molecule has 0 saturated heterocycles. The molecular formula is C6H8N2O3S. The summed E-state index contributed by atoms with van der Waals surface area (Å²) in [5, 5.41) is 13.7. The fourth-order valence-electron chi connectivity index (χ4n) is 0.795. The molecule has 5 N–H and O–H groups in total. The van der Waals surface area contributed by atoms with Crippen LogP contribution in [0, 0.1) is 0 Å². The number of hydrogen-bond donors (Lipinski definition) is 3. The van der Waals surface area contributed by atoms with Crippen molar-refractivity contribution in [3.63, 3.8) is 0 Å². The predicted octanol–water partition coefficient (Wildman–Crippen LogP) is -0.378. The molecule has 0 aromatic heterocycles. The molecule has 5 nitrogen and oxygen atoms in total. The lowest BCUT2D eigenvalue weighted by Gasteiger charge is -2.02. The summed E-state index contributed by atoms with van der Waals surface area (Å²) in [4.78, 5) is -0.180. The summed E-state index contributed by atoms with van der Waals surface area (Å²) < 4.78 is 21.6. The predicted molar refractivity (Wildman–Crippen MR) is 43.9 cm³/mol. The van der Waals surface area contributed by atoms with Crippen LogP contribution in [-0.2, 0) is 10.0 Å². The van der Waals surface area contributed by atoms with Crippen molar-refractivity contribution in [2.45, 2.75) is 4.90 Å². The summed E-state index contributed by atoms with van der Waals surface area (Å²) in [7, 11) is -3.79. The zero-order valence-corrected chi connectivity index (χ0v) is 6.88. The smallest absolute Gasteiger partial charge is 0.240 e. The van der Waals surface area contributed by atoms with E-state index >= 15 is 0 Å². The van der Waals surface area contributed by atoms with Crippen molar-refractivity contribution in [1.29, 1.82) is 0 Å². The Kier molecular flexibility index (Phi) is 1.95. The van der Waals surface area contributed by atoms with E-state index in [0.29, 0.717) is 0 Å². The molecule has 0 heterocycles. The minimum Gasteiger partial charge on any atom is -0.508 e. The number of phenolic OH excluding ortho intramolecular Hbond substituents is 1. The van der Waals surface area contributed by atoms with E-state index in [0.717, 1.165) is 12.1 Å². The minimum absolute atomic E-state index is 0.0579. The largest absolute Gasteiger partial charge is 0.508 e. The Hall–Kier alpha value is -1.27. The van der Waals surface area contributed by atoms with Gasteiger partial charge in [-0.1, -0.05) is 0 Å². The topological polar surface area (TPSA) is 106 Å². The minimum atomic E-state index is -3.79. The average molecular weight is 188 g/mol. The number of nitrogens with two attached hydrogens (primary N) is 2. The maximum absolute atomic E-state index is 10.8. The Morgan fingerprint density at radius 3 is 2.33 bits per heavy atom. The molecule has 0 spiro atoms. The van der Waals surface area contributed by atoms with Crippen LogP contribution in [0.15, 0.2) is 23.1 Å². The monoisotopic (exact) mass is 188 g/mol. The summed E-state index contributed by atoms with van der Waals surface area (Å²) in [6, 6.07) is 3.48. The standard InChI is InChI=1S/C6H8N2O3S/c7-5-3-4(9)1-2-6(5)12(8,10)11/h1-3,9H,7H2,(H2,8,10,11). The molecule has 0 aliphatic carbocycles. The first kappa shape index (κ1) is 8.82. The zero-order valence-electron chi connectivity index (χ0n) is 6.06. The van der Waals surface area contributed by atoms with Crippen molar-refractivity contribution in [3.8, 4) is 5.75 Å². The van der Waals surface area contributed by atoms with Crippen LogP contribution in [0.5, 0.6) is 5.75 Å². The van der Waals surface area contributed by atoms with E-state index in [2.05, 4.69) is 0 Å². The summed E-state index contributed by atoms with van der Waals surface area (Å²) in [6.07, 6.45) is 0. The first-order chi connectivity index (χ1) is 5.41. The van der Waals surface area contributed by atoms with Gasteiger partial charge in [0.2, 0.25) is 10.0 Å². The second-order valence-corrected chi connectivity index (χ2v) is 3.80. The maximum Gasteiger partial charge on any atom is 0.240 e. The molecule has 0 atom stereocenters. The first-order valence-electron chi connectivity index (χ1n) is 3.02. The Labute approximate surface area is 69.7 Å². The van der Waals surface area contributed by atoms with Gasteiger partial charge in [-0.25, -0.2) is 13.6 Å². The molecule has 1 aromatic rings. The highest BCUT2D eigenvalue weighted by atomic mass is 32.2. The van der Waals surface area contributed by atoms with Crippen LogP contribution in [0.1, 0.15) is 0 Å². The van der Waals surface area contributed by atoms with E-state index in [9.17, 15) is 8.42 Å². The van der Waals surface area contributed by atoms with E-state index in [-0.39, 0.29) is 16.3 Å². The Balaban J connectivity index is 3.39. The molecule has 0 unspecified atom stereocenters. The van der Waals surface area contributed by atoms with E-state index in [1.54, 1.807) is 0 Å². The van der Waals surface area contributed by atoms with Gasteiger partial charge in [-0.05, 0) is 12.1 Å². The molecule has 0 aliphatic heterocycles. The van der Waals surface area contributed by atoms with Crippen LogP contribution in [0.2, 0.25) is 0 Å². The number of aromatic hydroxyl groups is 1. The Bertz CT molecular complexity index is 399. The molecule has 6 heteroatoms. The average Bonchev–Trinajstić information content (AvgIpc) is 1.83.